The van der Waals surface area contributed by atoms with E-state index in [0.717, 1.165) is 0 Å². The van der Waals surface area contributed by atoms with E-state index in [1.165, 1.54) is 10.4 Å². The van der Waals surface area contributed by atoms with Crippen LogP contribution in [0.25, 0.3) is 0 Å². The van der Waals surface area contributed by atoms with Crippen LogP contribution in [-0.2, 0) is 10.0 Å². The molecular formula is C12H19N3O2S. The minimum atomic E-state index is -3.51. The quantitative estimate of drug-likeness (QED) is 0.700. The lowest BCUT2D eigenvalue weighted by Gasteiger charge is -2.33. The Hall–Kier alpha value is -1.27. The van der Waals surface area contributed by atoms with Crippen LogP contribution in [0.4, 0.5) is 11.4 Å². The molecule has 0 saturated heterocycles. The van der Waals surface area contributed by atoms with Gasteiger partial charge in [0.2, 0.25) is 10.0 Å². The molecular weight excluding hydrogens is 250 g/mol. The third-order valence-electron chi connectivity index (χ3n) is 2.95. The molecule has 0 unspecified atom stereocenters. The van der Waals surface area contributed by atoms with Gasteiger partial charge in [0.1, 0.15) is 4.90 Å². The second-order valence-corrected chi connectivity index (χ2v) is 7.26. The monoisotopic (exact) mass is 269 g/mol. The number of fused-ring (bicyclic) bond motifs is 1. The highest BCUT2D eigenvalue weighted by molar-refractivity contribution is 7.89. The van der Waals surface area contributed by atoms with E-state index in [2.05, 4.69) is 5.32 Å². The predicted octanol–water partition coefficient (Wildman–Crippen LogP) is 1.48. The molecule has 0 atom stereocenters. The molecule has 3 N–H and O–H groups in total. The fourth-order valence-corrected chi connectivity index (χ4v) is 4.12. The molecule has 0 aliphatic carbocycles. The van der Waals surface area contributed by atoms with Crippen molar-refractivity contribution in [2.45, 2.75) is 31.2 Å². The average molecular weight is 269 g/mol. The van der Waals surface area contributed by atoms with Gasteiger partial charge in [0.05, 0.1) is 5.69 Å². The van der Waals surface area contributed by atoms with Gasteiger partial charge in [0.15, 0.2) is 0 Å². The first-order valence-corrected chi connectivity index (χ1v) is 7.33. The Morgan fingerprint density at radius 2 is 2.00 bits per heavy atom. The van der Waals surface area contributed by atoms with Gasteiger partial charge in [-0.1, -0.05) is 0 Å². The summed E-state index contributed by atoms with van der Waals surface area (Å²) in [6.07, 6.45) is 0. The lowest BCUT2D eigenvalue weighted by molar-refractivity contribution is 0.258. The van der Waals surface area contributed by atoms with Crippen LogP contribution in [0.2, 0.25) is 0 Å². The summed E-state index contributed by atoms with van der Waals surface area (Å²) in [5.41, 5.74) is 6.32. The Morgan fingerprint density at radius 1 is 1.33 bits per heavy atom. The first-order chi connectivity index (χ1) is 8.23. The predicted molar refractivity (Wildman–Crippen MR) is 73.0 cm³/mol. The van der Waals surface area contributed by atoms with Crippen LogP contribution in [0.3, 0.4) is 0 Å². The number of nitrogens with two attached hydrogens (primary N) is 1. The molecule has 0 radical (unpaired) electrons. The van der Waals surface area contributed by atoms with E-state index in [9.17, 15) is 8.42 Å². The fourth-order valence-electron chi connectivity index (χ4n) is 2.13. The summed E-state index contributed by atoms with van der Waals surface area (Å²) in [5.74, 6) is 0. The number of hydrogen-bond acceptors (Lipinski definition) is 4. The Balaban J connectivity index is 2.63. The van der Waals surface area contributed by atoms with Gasteiger partial charge < -0.3 is 11.1 Å². The van der Waals surface area contributed by atoms with E-state index < -0.39 is 15.6 Å². The molecule has 0 bridgehead atoms. The topological polar surface area (TPSA) is 75.4 Å². The first-order valence-electron chi connectivity index (χ1n) is 5.89. The van der Waals surface area contributed by atoms with Crippen LogP contribution in [0.15, 0.2) is 23.1 Å². The van der Waals surface area contributed by atoms with E-state index in [-0.39, 0.29) is 4.90 Å². The molecule has 0 spiro atoms. The normalized spacial score (nSPS) is 19.7. The number of rotatable bonds is 0. The van der Waals surface area contributed by atoms with Crippen LogP contribution in [0.1, 0.15) is 20.8 Å². The van der Waals surface area contributed by atoms with E-state index in [0.29, 0.717) is 24.5 Å². The second-order valence-electron chi connectivity index (χ2n) is 5.43. The molecule has 0 fully saturated rings. The van der Waals surface area contributed by atoms with E-state index in [4.69, 9.17) is 5.73 Å². The van der Waals surface area contributed by atoms with Crippen LogP contribution < -0.4 is 11.1 Å². The highest BCUT2D eigenvalue weighted by Gasteiger charge is 2.36. The SMILES string of the molecule is CC(C)(C)N1CCNc2ccc(N)cc2S1(=O)=O. The molecule has 1 aromatic rings. The highest BCUT2D eigenvalue weighted by atomic mass is 32.2. The summed E-state index contributed by atoms with van der Waals surface area (Å²) in [7, 11) is -3.51. The molecule has 18 heavy (non-hydrogen) atoms. The maximum atomic E-state index is 12.7. The van der Waals surface area contributed by atoms with Crippen molar-refractivity contribution < 1.29 is 8.42 Å². The smallest absolute Gasteiger partial charge is 0.245 e. The first kappa shape index (κ1) is 13.2. The summed E-state index contributed by atoms with van der Waals surface area (Å²) in [4.78, 5) is 0.259. The Kier molecular flexibility index (Phi) is 3.03. The number of anilines is 2. The number of sulfonamides is 1. The van der Waals surface area contributed by atoms with Gasteiger partial charge in [-0.05, 0) is 39.0 Å². The third-order valence-corrected chi connectivity index (χ3v) is 5.16. The fraction of sp³-hybridized carbons (Fsp3) is 0.500. The van der Waals surface area contributed by atoms with Gasteiger partial charge in [-0.2, -0.15) is 4.31 Å². The zero-order valence-corrected chi connectivity index (χ0v) is 11.7. The standard InChI is InChI=1S/C12H19N3O2S/c1-12(2,3)15-7-6-14-10-5-4-9(13)8-11(10)18(15,16)17/h4-5,8,14H,6-7,13H2,1-3H3. The minimum Gasteiger partial charge on any atom is -0.399 e. The Morgan fingerprint density at radius 3 is 2.61 bits per heavy atom. The van der Waals surface area contributed by atoms with Crippen LogP contribution in [-0.4, -0.2) is 31.4 Å². The second kappa shape index (κ2) is 4.13. The van der Waals surface area contributed by atoms with Gasteiger partial charge in [-0.3, -0.25) is 0 Å². The van der Waals surface area contributed by atoms with Crippen molar-refractivity contribution in [2.24, 2.45) is 0 Å². The van der Waals surface area contributed by atoms with Crippen molar-refractivity contribution in [3.8, 4) is 0 Å². The van der Waals surface area contributed by atoms with E-state index >= 15 is 0 Å². The number of benzene rings is 1. The lowest BCUT2D eigenvalue weighted by atomic mass is 10.1. The summed E-state index contributed by atoms with van der Waals surface area (Å²) in [6, 6.07) is 4.93. The zero-order valence-electron chi connectivity index (χ0n) is 10.9. The molecule has 1 aliphatic heterocycles. The third kappa shape index (κ3) is 2.18. The molecule has 2 rings (SSSR count). The molecule has 1 aliphatic rings. The van der Waals surface area contributed by atoms with Gasteiger partial charge in [0.25, 0.3) is 0 Å². The van der Waals surface area contributed by atoms with Gasteiger partial charge in [-0.15, -0.1) is 0 Å². The number of hydrogen-bond donors (Lipinski definition) is 2. The summed E-state index contributed by atoms with van der Waals surface area (Å²) < 4.78 is 26.8. The maximum absolute atomic E-state index is 12.7. The van der Waals surface area contributed by atoms with Crippen molar-refractivity contribution in [3.63, 3.8) is 0 Å². The van der Waals surface area contributed by atoms with Crippen molar-refractivity contribution >= 4 is 21.4 Å². The van der Waals surface area contributed by atoms with Crippen LogP contribution >= 0.6 is 0 Å². The lowest BCUT2D eigenvalue weighted by Crippen LogP contribution is -2.46. The summed E-state index contributed by atoms with van der Waals surface area (Å²) in [5, 5.41) is 3.13. The van der Waals surface area contributed by atoms with Gasteiger partial charge in [0, 0.05) is 24.3 Å². The van der Waals surface area contributed by atoms with Crippen molar-refractivity contribution in [3.05, 3.63) is 18.2 Å². The average Bonchev–Trinajstić information content (AvgIpc) is 2.35. The van der Waals surface area contributed by atoms with Crippen LogP contribution in [0.5, 0.6) is 0 Å². The Labute approximate surface area is 108 Å². The highest BCUT2D eigenvalue weighted by Crippen LogP contribution is 2.32. The number of nitrogens with zero attached hydrogens (tertiary/aromatic N) is 1. The molecule has 0 saturated carbocycles. The van der Waals surface area contributed by atoms with Crippen molar-refractivity contribution in [1.29, 1.82) is 0 Å². The molecule has 6 heteroatoms. The molecule has 0 amide bonds. The molecule has 0 aromatic heterocycles. The summed E-state index contributed by atoms with van der Waals surface area (Å²) >= 11 is 0. The van der Waals surface area contributed by atoms with E-state index in [1.54, 1.807) is 12.1 Å². The van der Waals surface area contributed by atoms with Gasteiger partial charge in [-0.25, -0.2) is 8.42 Å². The molecule has 1 aromatic carbocycles. The number of nitrogen functional groups attached to an aromatic ring is 1. The molecule has 1 heterocycles. The van der Waals surface area contributed by atoms with Crippen molar-refractivity contribution in [1.82, 2.24) is 4.31 Å². The van der Waals surface area contributed by atoms with Crippen molar-refractivity contribution in [2.75, 3.05) is 24.1 Å². The van der Waals surface area contributed by atoms with E-state index in [1.807, 2.05) is 20.8 Å². The molecule has 5 nitrogen and oxygen atoms in total. The van der Waals surface area contributed by atoms with Gasteiger partial charge >= 0.3 is 0 Å². The summed E-state index contributed by atoms with van der Waals surface area (Å²) in [6.45, 7) is 6.71. The maximum Gasteiger partial charge on any atom is 0.245 e. The number of nitrogens with one attached hydrogen (secondary N) is 1. The molecule has 100 valence electrons. The largest absolute Gasteiger partial charge is 0.399 e. The zero-order chi connectivity index (χ0) is 13.6. The Bertz CT molecular complexity index is 561. The minimum absolute atomic E-state index is 0.259. The van der Waals surface area contributed by atoms with Crippen LogP contribution in [0, 0.1) is 0 Å².